The van der Waals surface area contributed by atoms with E-state index in [9.17, 15) is 0 Å². The fourth-order valence-corrected chi connectivity index (χ4v) is 2.96. The van der Waals surface area contributed by atoms with Crippen molar-refractivity contribution >= 4 is 0 Å². The highest BCUT2D eigenvalue weighted by Gasteiger charge is 2.27. The number of aromatic nitrogens is 3. The summed E-state index contributed by atoms with van der Waals surface area (Å²) in [6.07, 6.45) is 1.91. The van der Waals surface area contributed by atoms with E-state index in [1.165, 1.54) is 0 Å². The second kappa shape index (κ2) is 6.80. The van der Waals surface area contributed by atoms with Gasteiger partial charge in [-0.1, -0.05) is 12.1 Å². The molecule has 0 amide bonds. The molecule has 7 nitrogen and oxygen atoms in total. The average molecular weight is 319 g/mol. The number of aryl methyl sites for hydroxylation is 3. The van der Waals surface area contributed by atoms with Gasteiger partial charge in [-0.15, -0.1) is 0 Å². The molecule has 1 fully saturated rings. The van der Waals surface area contributed by atoms with Gasteiger partial charge in [0.25, 0.3) is 0 Å². The van der Waals surface area contributed by atoms with Crippen molar-refractivity contribution in [3.8, 4) is 0 Å². The zero-order valence-corrected chi connectivity index (χ0v) is 14.4. The smallest absolute Gasteiger partial charge is 0.226 e. The van der Waals surface area contributed by atoms with E-state index in [0.29, 0.717) is 11.9 Å². The number of likely N-dealkylation sites (N-methyl/N-ethyl adjacent to an activating group) is 1. The minimum atomic E-state index is 0.496. The molecule has 1 aliphatic heterocycles. The zero-order valence-electron chi connectivity index (χ0n) is 14.4. The highest BCUT2D eigenvalue weighted by atomic mass is 16.5. The Balaban J connectivity index is 1.52. The third kappa shape index (κ3) is 3.79. The maximum atomic E-state index is 5.68. The summed E-state index contributed by atoms with van der Waals surface area (Å²) in [4.78, 5) is 13.5. The van der Waals surface area contributed by atoms with Gasteiger partial charge in [0.2, 0.25) is 11.8 Å². The zero-order chi connectivity index (χ0) is 16.4. The van der Waals surface area contributed by atoms with Crippen LogP contribution >= 0.6 is 0 Å². The third-order valence-corrected chi connectivity index (χ3v) is 4.51. The molecule has 126 valence electrons. The number of nitrogens with zero attached hydrogens (tertiary/aromatic N) is 5. The molecule has 0 aliphatic carbocycles. The summed E-state index contributed by atoms with van der Waals surface area (Å²) in [6, 6.07) is 0.496. The SMILES string of the molecule is CCc1nc(CN(C)C2CCN(Cc3nc(C)c(C)o3)C2)no1. The van der Waals surface area contributed by atoms with E-state index in [0.717, 1.165) is 62.2 Å². The number of oxazole rings is 1. The number of rotatable bonds is 6. The molecule has 2 aromatic heterocycles. The minimum Gasteiger partial charge on any atom is -0.444 e. The van der Waals surface area contributed by atoms with Crippen LogP contribution in [0.3, 0.4) is 0 Å². The molecular formula is C16H25N5O2. The van der Waals surface area contributed by atoms with Crippen molar-refractivity contribution in [2.45, 2.75) is 52.7 Å². The van der Waals surface area contributed by atoms with Crippen molar-refractivity contribution in [1.82, 2.24) is 24.9 Å². The van der Waals surface area contributed by atoms with Crippen LogP contribution in [0.25, 0.3) is 0 Å². The average Bonchev–Trinajstić information content (AvgIpc) is 3.21. The van der Waals surface area contributed by atoms with Gasteiger partial charge in [0.15, 0.2) is 5.82 Å². The first-order valence-electron chi connectivity index (χ1n) is 8.22. The molecule has 0 spiro atoms. The second-order valence-electron chi connectivity index (χ2n) is 6.30. The van der Waals surface area contributed by atoms with Gasteiger partial charge < -0.3 is 8.94 Å². The topological polar surface area (TPSA) is 71.4 Å². The van der Waals surface area contributed by atoms with Gasteiger partial charge in [0, 0.05) is 25.6 Å². The van der Waals surface area contributed by atoms with Gasteiger partial charge in [0.1, 0.15) is 5.76 Å². The molecule has 0 radical (unpaired) electrons. The fourth-order valence-electron chi connectivity index (χ4n) is 2.96. The Kier molecular flexibility index (Phi) is 4.77. The first kappa shape index (κ1) is 16.1. The lowest BCUT2D eigenvalue weighted by Crippen LogP contribution is -2.34. The monoisotopic (exact) mass is 319 g/mol. The predicted molar refractivity (Wildman–Crippen MR) is 84.8 cm³/mol. The Labute approximate surface area is 136 Å². The van der Waals surface area contributed by atoms with Crippen molar-refractivity contribution < 1.29 is 8.94 Å². The maximum absolute atomic E-state index is 5.68. The minimum absolute atomic E-state index is 0.496. The Bertz CT molecular complexity index is 631. The quantitative estimate of drug-likeness (QED) is 0.805. The molecule has 1 saturated heterocycles. The summed E-state index contributed by atoms with van der Waals surface area (Å²) in [5, 5.41) is 4.03. The molecule has 0 aromatic carbocycles. The van der Waals surface area contributed by atoms with Crippen molar-refractivity contribution in [3.63, 3.8) is 0 Å². The largest absolute Gasteiger partial charge is 0.444 e. The molecule has 0 saturated carbocycles. The Morgan fingerprint density at radius 3 is 2.74 bits per heavy atom. The summed E-state index contributed by atoms with van der Waals surface area (Å²) in [5.41, 5.74) is 0.983. The van der Waals surface area contributed by atoms with Crippen LogP contribution in [0.4, 0.5) is 0 Å². The molecule has 1 unspecified atom stereocenters. The summed E-state index contributed by atoms with van der Waals surface area (Å²) in [6.45, 7) is 9.53. The molecule has 3 heterocycles. The van der Waals surface area contributed by atoms with Crippen LogP contribution < -0.4 is 0 Å². The van der Waals surface area contributed by atoms with E-state index in [2.05, 4.69) is 32.0 Å². The molecule has 23 heavy (non-hydrogen) atoms. The summed E-state index contributed by atoms with van der Waals surface area (Å²) < 4.78 is 10.9. The van der Waals surface area contributed by atoms with E-state index in [1.807, 2.05) is 20.8 Å². The second-order valence-corrected chi connectivity index (χ2v) is 6.30. The molecule has 2 aromatic rings. The molecule has 3 rings (SSSR count). The predicted octanol–water partition coefficient (Wildman–Crippen LogP) is 1.94. The summed E-state index contributed by atoms with van der Waals surface area (Å²) in [7, 11) is 2.12. The van der Waals surface area contributed by atoms with Crippen LogP contribution in [0, 0.1) is 13.8 Å². The molecule has 0 N–H and O–H groups in total. The van der Waals surface area contributed by atoms with Crippen molar-refractivity contribution in [3.05, 3.63) is 29.1 Å². The summed E-state index contributed by atoms with van der Waals surface area (Å²) >= 11 is 0. The fraction of sp³-hybridized carbons (Fsp3) is 0.688. The standard InChI is InChI=1S/C16H25N5O2/c1-5-15-18-14(19-23-15)9-20(4)13-6-7-21(8-13)10-16-17-11(2)12(3)22-16/h13H,5-10H2,1-4H3. The van der Waals surface area contributed by atoms with Crippen molar-refractivity contribution in [2.24, 2.45) is 0 Å². The Morgan fingerprint density at radius 1 is 1.26 bits per heavy atom. The van der Waals surface area contributed by atoms with Crippen LogP contribution in [0.1, 0.15) is 42.4 Å². The van der Waals surface area contributed by atoms with E-state index < -0.39 is 0 Å². The van der Waals surface area contributed by atoms with Crippen LogP contribution in [-0.4, -0.2) is 51.1 Å². The van der Waals surface area contributed by atoms with E-state index >= 15 is 0 Å². The lowest BCUT2D eigenvalue weighted by molar-refractivity contribution is 0.209. The normalized spacial score (nSPS) is 19.1. The number of hydrogen-bond acceptors (Lipinski definition) is 7. The molecule has 1 atom stereocenters. The van der Waals surface area contributed by atoms with Gasteiger partial charge in [-0.05, 0) is 27.3 Å². The summed E-state index contributed by atoms with van der Waals surface area (Å²) in [5.74, 6) is 3.20. The first-order valence-corrected chi connectivity index (χ1v) is 8.22. The third-order valence-electron chi connectivity index (χ3n) is 4.51. The number of hydrogen-bond donors (Lipinski definition) is 0. The van der Waals surface area contributed by atoms with E-state index in [4.69, 9.17) is 8.94 Å². The molecule has 7 heteroatoms. The Hall–Kier alpha value is -1.73. The molecular weight excluding hydrogens is 294 g/mol. The number of likely N-dealkylation sites (tertiary alicyclic amines) is 1. The van der Waals surface area contributed by atoms with Crippen LogP contribution in [0.15, 0.2) is 8.94 Å². The van der Waals surface area contributed by atoms with Crippen molar-refractivity contribution in [1.29, 1.82) is 0 Å². The lowest BCUT2D eigenvalue weighted by Gasteiger charge is -2.22. The van der Waals surface area contributed by atoms with Gasteiger partial charge in [-0.3, -0.25) is 9.80 Å². The van der Waals surface area contributed by atoms with E-state index in [1.54, 1.807) is 0 Å². The van der Waals surface area contributed by atoms with Crippen LogP contribution in [-0.2, 0) is 19.5 Å². The van der Waals surface area contributed by atoms with Gasteiger partial charge in [0.05, 0.1) is 18.8 Å². The molecule has 1 aliphatic rings. The highest BCUT2D eigenvalue weighted by Crippen LogP contribution is 2.19. The van der Waals surface area contributed by atoms with Gasteiger partial charge >= 0.3 is 0 Å². The lowest BCUT2D eigenvalue weighted by atomic mass is 10.2. The first-order chi connectivity index (χ1) is 11.0. The van der Waals surface area contributed by atoms with Crippen LogP contribution in [0.2, 0.25) is 0 Å². The Morgan fingerprint density at radius 2 is 2.09 bits per heavy atom. The highest BCUT2D eigenvalue weighted by molar-refractivity contribution is 5.05. The molecule has 0 bridgehead atoms. The van der Waals surface area contributed by atoms with E-state index in [-0.39, 0.29) is 0 Å². The van der Waals surface area contributed by atoms with Crippen molar-refractivity contribution in [2.75, 3.05) is 20.1 Å². The van der Waals surface area contributed by atoms with Gasteiger partial charge in [-0.25, -0.2) is 4.98 Å². The maximum Gasteiger partial charge on any atom is 0.226 e. The van der Waals surface area contributed by atoms with Gasteiger partial charge in [-0.2, -0.15) is 4.98 Å². The van der Waals surface area contributed by atoms with Crippen LogP contribution in [0.5, 0.6) is 0 Å².